The molecule has 1 aliphatic rings. The van der Waals surface area contributed by atoms with Gasteiger partial charge in [-0.15, -0.1) is 0 Å². The molecule has 0 fully saturated rings. The van der Waals surface area contributed by atoms with Gasteiger partial charge in [-0.2, -0.15) is 5.26 Å². The lowest BCUT2D eigenvalue weighted by Crippen LogP contribution is -2.13. The van der Waals surface area contributed by atoms with Crippen LogP contribution < -0.4 is 0 Å². The van der Waals surface area contributed by atoms with Crippen LogP contribution in [0.25, 0.3) is 0 Å². The first-order valence-corrected chi connectivity index (χ1v) is 5.86. The van der Waals surface area contributed by atoms with Crippen LogP contribution in [-0.2, 0) is 0 Å². The van der Waals surface area contributed by atoms with E-state index in [1.165, 1.54) is 12.0 Å². The van der Waals surface area contributed by atoms with Gasteiger partial charge in [-0.3, -0.25) is 0 Å². The van der Waals surface area contributed by atoms with Crippen molar-refractivity contribution in [3.8, 4) is 6.07 Å². The number of nitriles is 1. The molecule has 0 saturated heterocycles. The molecule has 1 nitrogen and oxygen atoms in total. The van der Waals surface area contributed by atoms with Crippen molar-refractivity contribution in [3.63, 3.8) is 0 Å². The molecule has 0 radical (unpaired) electrons. The van der Waals surface area contributed by atoms with Crippen LogP contribution in [0.2, 0.25) is 0 Å². The largest absolute Gasteiger partial charge is 0.198 e. The Morgan fingerprint density at radius 2 is 2.33 bits per heavy atom. The van der Waals surface area contributed by atoms with Crippen LogP contribution in [0.15, 0.2) is 23.3 Å². The Kier molecular flexibility index (Phi) is 4.62. The van der Waals surface area contributed by atoms with E-state index < -0.39 is 0 Å². The summed E-state index contributed by atoms with van der Waals surface area (Å²) in [6.45, 7) is 6.45. The zero-order valence-electron chi connectivity index (χ0n) is 10.1. The van der Waals surface area contributed by atoms with Gasteiger partial charge in [0.05, 0.1) is 12.0 Å². The summed E-state index contributed by atoms with van der Waals surface area (Å²) in [5.74, 6) is 0.697. The Labute approximate surface area is 93.5 Å². The molecule has 2 atom stereocenters. The topological polar surface area (TPSA) is 23.8 Å². The van der Waals surface area contributed by atoms with E-state index in [0.717, 1.165) is 19.3 Å². The first-order valence-electron chi connectivity index (χ1n) is 5.86. The summed E-state index contributed by atoms with van der Waals surface area (Å²) in [4.78, 5) is 0. The molecule has 0 aromatic carbocycles. The van der Waals surface area contributed by atoms with E-state index in [2.05, 4.69) is 39.0 Å². The Morgan fingerprint density at radius 3 is 2.87 bits per heavy atom. The van der Waals surface area contributed by atoms with Crippen molar-refractivity contribution in [3.05, 3.63) is 23.3 Å². The van der Waals surface area contributed by atoms with Crippen LogP contribution >= 0.6 is 0 Å². The van der Waals surface area contributed by atoms with E-state index in [-0.39, 0.29) is 5.92 Å². The van der Waals surface area contributed by atoms with Crippen molar-refractivity contribution in [2.45, 2.75) is 46.5 Å². The van der Waals surface area contributed by atoms with Gasteiger partial charge in [0.15, 0.2) is 0 Å². The Balaban J connectivity index is 2.45. The van der Waals surface area contributed by atoms with Crippen molar-refractivity contribution in [1.29, 1.82) is 5.26 Å². The molecule has 0 aromatic heterocycles. The van der Waals surface area contributed by atoms with Crippen LogP contribution in [0.5, 0.6) is 0 Å². The standard InChI is InChI=1S/C14H21N/c1-11(2)5-4-6-13-7-8-14(10-15)12(3)9-13/h5,9,12,14H,4,6-8H2,1-3H3/t12-,14-/m1/s1. The Bertz CT molecular complexity index is 300. The second-order valence-electron chi connectivity index (χ2n) is 4.78. The lowest BCUT2D eigenvalue weighted by Gasteiger charge is -2.22. The minimum atomic E-state index is 0.247. The molecule has 0 aliphatic heterocycles. The molecule has 0 saturated carbocycles. The third-order valence-corrected chi connectivity index (χ3v) is 3.09. The Hall–Kier alpha value is -1.03. The predicted molar refractivity (Wildman–Crippen MR) is 64.2 cm³/mol. The molecule has 0 amide bonds. The predicted octanol–water partition coefficient (Wildman–Crippen LogP) is 4.23. The van der Waals surface area contributed by atoms with Crippen LogP contribution in [0, 0.1) is 23.2 Å². The second kappa shape index (κ2) is 5.75. The fourth-order valence-corrected chi connectivity index (χ4v) is 2.11. The van der Waals surface area contributed by atoms with Gasteiger partial charge >= 0.3 is 0 Å². The van der Waals surface area contributed by atoms with Gasteiger partial charge in [0, 0.05) is 0 Å². The highest BCUT2D eigenvalue weighted by molar-refractivity contribution is 5.13. The van der Waals surface area contributed by atoms with Crippen molar-refractivity contribution >= 4 is 0 Å². The van der Waals surface area contributed by atoms with Crippen LogP contribution in [0.1, 0.15) is 46.5 Å². The van der Waals surface area contributed by atoms with Crippen molar-refractivity contribution in [1.82, 2.24) is 0 Å². The molecule has 82 valence electrons. The summed E-state index contributed by atoms with van der Waals surface area (Å²) in [5.41, 5.74) is 2.95. The average Bonchev–Trinajstić information content (AvgIpc) is 2.17. The van der Waals surface area contributed by atoms with Crippen molar-refractivity contribution in [2.75, 3.05) is 0 Å². The number of hydrogen-bond acceptors (Lipinski definition) is 1. The van der Waals surface area contributed by atoms with Gasteiger partial charge < -0.3 is 0 Å². The lowest BCUT2D eigenvalue weighted by molar-refractivity contribution is 0.453. The fourth-order valence-electron chi connectivity index (χ4n) is 2.11. The number of allylic oxidation sites excluding steroid dienone is 4. The summed E-state index contributed by atoms with van der Waals surface area (Å²) in [7, 11) is 0. The zero-order valence-corrected chi connectivity index (χ0v) is 10.1. The molecule has 0 N–H and O–H groups in total. The first-order chi connectivity index (χ1) is 7.13. The van der Waals surface area contributed by atoms with Crippen LogP contribution in [-0.4, -0.2) is 0 Å². The van der Waals surface area contributed by atoms with Gasteiger partial charge in [-0.1, -0.05) is 30.2 Å². The number of nitrogens with zero attached hydrogens (tertiary/aromatic N) is 1. The summed E-state index contributed by atoms with van der Waals surface area (Å²) < 4.78 is 0. The molecule has 0 aromatic rings. The lowest BCUT2D eigenvalue weighted by atomic mass is 9.81. The summed E-state index contributed by atoms with van der Waals surface area (Å²) in [6.07, 6.45) is 9.11. The fraction of sp³-hybridized carbons (Fsp3) is 0.643. The van der Waals surface area contributed by atoms with Gasteiger partial charge in [0.25, 0.3) is 0 Å². The molecule has 1 heteroatoms. The molecular weight excluding hydrogens is 182 g/mol. The van der Waals surface area contributed by atoms with Crippen LogP contribution in [0.4, 0.5) is 0 Å². The third-order valence-electron chi connectivity index (χ3n) is 3.09. The highest BCUT2D eigenvalue weighted by Gasteiger charge is 2.20. The monoisotopic (exact) mass is 203 g/mol. The maximum atomic E-state index is 8.91. The molecule has 1 rings (SSSR count). The number of rotatable bonds is 3. The van der Waals surface area contributed by atoms with Gasteiger partial charge in [-0.25, -0.2) is 0 Å². The maximum Gasteiger partial charge on any atom is 0.0661 e. The van der Waals surface area contributed by atoms with Crippen molar-refractivity contribution in [2.24, 2.45) is 11.8 Å². The molecule has 1 aliphatic carbocycles. The maximum absolute atomic E-state index is 8.91. The SMILES string of the molecule is CC(C)=CCCC1=C[C@@H](C)[C@@H](C#N)CC1. The van der Waals surface area contributed by atoms with E-state index in [4.69, 9.17) is 5.26 Å². The van der Waals surface area contributed by atoms with Gasteiger partial charge in [0.2, 0.25) is 0 Å². The zero-order chi connectivity index (χ0) is 11.3. The molecule has 0 bridgehead atoms. The van der Waals surface area contributed by atoms with Crippen molar-refractivity contribution < 1.29 is 0 Å². The van der Waals surface area contributed by atoms with E-state index in [0.29, 0.717) is 5.92 Å². The molecular formula is C14H21N. The van der Waals surface area contributed by atoms with E-state index in [1.807, 2.05) is 0 Å². The normalized spacial score (nSPS) is 25.3. The highest BCUT2D eigenvalue weighted by atomic mass is 14.3. The Morgan fingerprint density at radius 1 is 1.60 bits per heavy atom. The van der Waals surface area contributed by atoms with Crippen LogP contribution in [0.3, 0.4) is 0 Å². The van der Waals surface area contributed by atoms with E-state index >= 15 is 0 Å². The summed E-state index contributed by atoms with van der Waals surface area (Å²) in [5, 5.41) is 8.91. The second-order valence-corrected chi connectivity index (χ2v) is 4.78. The quantitative estimate of drug-likeness (QED) is 0.630. The minimum absolute atomic E-state index is 0.247. The minimum Gasteiger partial charge on any atom is -0.198 e. The molecule has 0 heterocycles. The van der Waals surface area contributed by atoms with Gasteiger partial charge in [-0.05, 0) is 45.4 Å². The average molecular weight is 203 g/mol. The molecule has 0 spiro atoms. The molecule has 15 heavy (non-hydrogen) atoms. The molecule has 0 unspecified atom stereocenters. The third kappa shape index (κ3) is 3.91. The smallest absolute Gasteiger partial charge is 0.0661 e. The summed E-state index contributed by atoms with van der Waals surface area (Å²) >= 11 is 0. The van der Waals surface area contributed by atoms with Gasteiger partial charge in [0.1, 0.15) is 0 Å². The first kappa shape index (κ1) is 12.0. The summed E-state index contributed by atoms with van der Waals surface area (Å²) in [6, 6.07) is 2.39. The van der Waals surface area contributed by atoms with E-state index in [9.17, 15) is 0 Å². The number of hydrogen-bond donors (Lipinski definition) is 0. The highest BCUT2D eigenvalue weighted by Crippen LogP contribution is 2.30. The van der Waals surface area contributed by atoms with E-state index in [1.54, 1.807) is 5.57 Å².